The maximum Gasteiger partial charge on any atom is 0.171 e. The van der Waals surface area contributed by atoms with Crippen molar-refractivity contribution in [1.82, 2.24) is 0 Å². The van der Waals surface area contributed by atoms with Gasteiger partial charge in [0.05, 0.1) is 0 Å². The number of ether oxygens (including phenoxy) is 1. The van der Waals surface area contributed by atoms with Crippen LogP contribution in [-0.4, -0.2) is 23.0 Å². The molecule has 116 valence electrons. The van der Waals surface area contributed by atoms with Crippen LogP contribution < -0.4 is 4.74 Å². The fourth-order valence-corrected chi connectivity index (χ4v) is 7.91. The fraction of sp³-hybridized carbons (Fsp3) is 0.278. The van der Waals surface area contributed by atoms with Gasteiger partial charge in [-0.2, -0.15) is 7.20 Å². The van der Waals surface area contributed by atoms with Gasteiger partial charge in [-0.3, -0.25) is 4.79 Å². The van der Waals surface area contributed by atoms with Crippen molar-refractivity contribution in [3.63, 3.8) is 0 Å². The van der Waals surface area contributed by atoms with Crippen molar-refractivity contribution in [1.29, 1.82) is 0 Å². The third-order valence-corrected chi connectivity index (χ3v) is 10.2. The summed E-state index contributed by atoms with van der Waals surface area (Å²) in [6.07, 6.45) is 2.57. The highest BCUT2D eigenvalue weighted by atomic mass is 127. The molecule has 22 heavy (non-hydrogen) atoms. The number of rotatable bonds is 5. The molecule has 2 aromatic rings. The second-order valence-corrected chi connectivity index (χ2v) is 14.2. The molecule has 2 aromatic carbocycles. The van der Waals surface area contributed by atoms with Crippen LogP contribution in [0.4, 0.5) is 0 Å². The number of hydrogen-bond donors (Lipinski definition) is 0. The highest BCUT2D eigenvalue weighted by Crippen LogP contribution is 2.61. The lowest BCUT2D eigenvalue weighted by Gasteiger charge is -2.26. The number of benzene rings is 2. The van der Waals surface area contributed by atoms with E-state index in [1.165, 1.54) is 24.3 Å². The summed E-state index contributed by atoms with van der Waals surface area (Å²) in [5.74, 6) is 5.07. The van der Waals surface area contributed by atoms with Gasteiger partial charge in [0.2, 0.25) is 0 Å². The molecule has 4 heteroatoms. The van der Waals surface area contributed by atoms with Gasteiger partial charge in [0.1, 0.15) is 11.5 Å². The van der Waals surface area contributed by atoms with Crippen LogP contribution in [0.2, 0.25) is 0 Å². The van der Waals surface area contributed by atoms with E-state index in [1.54, 1.807) is 0 Å². The van der Waals surface area contributed by atoms with E-state index in [2.05, 4.69) is 21.2 Å². The molecule has 0 N–H and O–H groups in total. The summed E-state index contributed by atoms with van der Waals surface area (Å²) < 4.78 is 5.76. The van der Waals surface area contributed by atoms with Gasteiger partial charge >= 0.3 is 0 Å². The minimum atomic E-state index is -0.721. The van der Waals surface area contributed by atoms with E-state index >= 15 is 0 Å². The zero-order valence-electron chi connectivity index (χ0n) is 12.3. The Hall–Kier alpha value is -1.01. The number of Topliss-reactive ketones (excluding diaryl/α,β-unsaturated/α-hetero) is 1. The lowest BCUT2D eigenvalue weighted by atomic mass is 10.1. The van der Waals surface area contributed by atoms with Gasteiger partial charge in [-0.1, -0.05) is 18.2 Å². The van der Waals surface area contributed by atoms with Crippen molar-refractivity contribution in [2.45, 2.75) is 12.8 Å². The highest BCUT2D eigenvalue weighted by Gasteiger charge is 2.28. The van der Waals surface area contributed by atoms with Crippen molar-refractivity contribution in [2.24, 2.45) is 0 Å². The standard InChI is InChI=1S/C18H19IO2S/c19-22(12-4-5-13-22)14-18(20)15-8-10-17(11-9-15)21-16-6-2-1-3-7-16/h1-3,6-11H,4-5,12-14H2. The summed E-state index contributed by atoms with van der Waals surface area (Å²) in [5.41, 5.74) is 0.802. The van der Waals surface area contributed by atoms with E-state index in [1.807, 2.05) is 54.6 Å². The van der Waals surface area contributed by atoms with Crippen LogP contribution in [0.15, 0.2) is 54.6 Å². The Morgan fingerprint density at radius 1 is 0.955 bits per heavy atom. The lowest BCUT2D eigenvalue weighted by molar-refractivity contribution is 0.102. The molecule has 1 fully saturated rings. The molecule has 0 unspecified atom stereocenters. The van der Waals surface area contributed by atoms with Gasteiger partial charge in [-0.15, -0.1) is 0 Å². The number of carbonyl (C=O) groups excluding carboxylic acids is 1. The van der Waals surface area contributed by atoms with Crippen molar-refractivity contribution in [2.75, 3.05) is 17.3 Å². The zero-order valence-corrected chi connectivity index (χ0v) is 15.3. The first kappa shape index (κ1) is 15.9. The van der Waals surface area contributed by atoms with Crippen LogP contribution in [0.25, 0.3) is 0 Å². The first-order chi connectivity index (χ1) is 10.6. The molecule has 2 nitrogen and oxygen atoms in total. The number of hydrogen-bond acceptors (Lipinski definition) is 2. The molecule has 0 aromatic heterocycles. The summed E-state index contributed by atoms with van der Waals surface area (Å²) in [6, 6.07) is 17.2. The van der Waals surface area contributed by atoms with Crippen LogP contribution in [0.5, 0.6) is 11.5 Å². The summed E-state index contributed by atoms with van der Waals surface area (Å²) >= 11 is 2.57. The fourth-order valence-electron chi connectivity index (χ4n) is 2.62. The third kappa shape index (κ3) is 4.04. The highest BCUT2D eigenvalue weighted by molar-refractivity contribution is 14.2. The maximum absolute atomic E-state index is 12.5. The number of ketones is 1. The normalized spacial score (nSPS) is 17.9. The van der Waals surface area contributed by atoms with Crippen LogP contribution in [-0.2, 0) is 0 Å². The molecular weight excluding hydrogens is 407 g/mol. The molecule has 1 aliphatic heterocycles. The molecule has 0 amide bonds. The predicted molar refractivity (Wildman–Crippen MR) is 103 cm³/mol. The summed E-state index contributed by atoms with van der Waals surface area (Å²) in [5, 5.41) is 0. The van der Waals surface area contributed by atoms with Gasteiger partial charge in [0.25, 0.3) is 0 Å². The monoisotopic (exact) mass is 426 g/mol. The van der Waals surface area contributed by atoms with Gasteiger partial charge in [0, 0.05) is 11.3 Å². The molecule has 0 spiro atoms. The summed E-state index contributed by atoms with van der Waals surface area (Å²) in [7, 11) is -0.721. The molecule has 0 saturated carbocycles. The van der Waals surface area contributed by atoms with E-state index in [0.717, 1.165) is 22.8 Å². The van der Waals surface area contributed by atoms with Crippen LogP contribution in [0.3, 0.4) is 0 Å². The smallest absolute Gasteiger partial charge is 0.171 e. The van der Waals surface area contributed by atoms with E-state index in [-0.39, 0.29) is 5.78 Å². The number of halogens is 1. The Morgan fingerprint density at radius 2 is 1.55 bits per heavy atom. The molecule has 1 saturated heterocycles. The van der Waals surface area contributed by atoms with Crippen LogP contribution >= 0.6 is 28.4 Å². The van der Waals surface area contributed by atoms with Crippen molar-refractivity contribution >= 4 is 34.2 Å². The molecule has 1 aliphatic rings. The Kier molecular flexibility index (Phi) is 5.08. The second kappa shape index (κ2) is 7.04. The number of para-hydroxylation sites is 1. The van der Waals surface area contributed by atoms with Gasteiger partial charge < -0.3 is 4.74 Å². The molecule has 0 atom stereocenters. The van der Waals surface area contributed by atoms with Crippen molar-refractivity contribution in [3.8, 4) is 11.5 Å². The summed E-state index contributed by atoms with van der Waals surface area (Å²) in [4.78, 5) is 12.5. The Morgan fingerprint density at radius 3 is 2.18 bits per heavy atom. The minimum absolute atomic E-state index is 0.276. The number of carbonyl (C=O) groups is 1. The first-order valence-corrected chi connectivity index (χ1v) is 12.2. The first-order valence-electron chi connectivity index (χ1n) is 7.47. The molecule has 0 bridgehead atoms. The van der Waals surface area contributed by atoms with Gasteiger partial charge in [0.15, 0.2) is 5.78 Å². The second-order valence-electron chi connectivity index (χ2n) is 5.56. The zero-order chi connectivity index (χ0) is 15.4. The topological polar surface area (TPSA) is 26.3 Å². The molecule has 0 radical (unpaired) electrons. The van der Waals surface area contributed by atoms with Gasteiger partial charge in [-0.05, 0) is 82.0 Å². The van der Waals surface area contributed by atoms with E-state index in [0.29, 0.717) is 0 Å². The molecule has 1 heterocycles. The predicted octanol–water partition coefficient (Wildman–Crippen LogP) is 5.61. The third-order valence-electron chi connectivity index (χ3n) is 3.82. The van der Waals surface area contributed by atoms with Crippen LogP contribution in [0, 0.1) is 0 Å². The minimum Gasteiger partial charge on any atom is -0.457 e. The van der Waals surface area contributed by atoms with Crippen LogP contribution in [0.1, 0.15) is 23.2 Å². The quantitative estimate of drug-likeness (QED) is 0.459. The van der Waals surface area contributed by atoms with Crippen molar-refractivity contribution in [3.05, 3.63) is 60.2 Å². The average Bonchev–Trinajstić information content (AvgIpc) is 2.95. The molecule has 0 aliphatic carbocycles. The van der Waals surface area contributed by atoms with Gasteiger partial charge in [-0.25, -0.2) is 0 Å². The summed E-state index contributed by atoms with van der Waals surface area (Å²) in [6.45, 7) is 0. The molecular formula is C18H19IO2S. The SMILES string of the molecule is O=C(CS1(I)CCCC1)c1ccc(Oc2ccccc2)cc1. The Bertz CT molecular complexity index is 634. The van der Waals surface area contributed by atoms with E-state index in [4.69, 9.17) is 4.74 Å². The Balaban J connectivity index is 1.65. The lowest BCUT2D eigenvalue weighted by Crippen LogP contribution is -2.11. The van der Waals surface area contributed by atoms with E-state index in [9.17, 15) is 4.79 Å². The maximum atomic E-state index is 12.5. The average molecular weight is 426 g/mol. The Labute approximate surface area is 145 Å². The van der Waals surface area contributed by atoms with Crippen molar-refractivity contribution < 1.29 is 9.53 Å². The van der Waals surface area contributed by atoms with E-state index < -0.39 is 7.20 Å². The largest absolute Gasteiger partial charge is 0.457 e. The molecule has 3 rings (SSSR count).